The molecule has 2 amide bonds. The van der Waals surface area contributed by atoms with E-state index >= 15 is 0 Å². The Morgan fingerprint density at radius 2 is 1.66 bits per heavy atom. The van der Waals surface area contributed by atoms with Gasteiger partial charge in [-0.25, -0.2) is 4.79 Å². The lowest BCUT2D eigenvalue weighted by molar-refractivity contribution is 0.207. The Morgan fingerprint density at radius 3 is 2.37 bits per heavy atom. The molecule has 0 saturated heterocycles. The van der Waals surface area contributed by atoms with Gasteiger partial charge in [-0.1, -0.05) is 41.9 Å². The molecule has 0 radical (unpaired) electrons. The molecule has 1 N–H and O–H groups in total. The summed E-state index contributed by atoms with van der Waals surface area (Å²) in [7, 11) is 2.08. The maximum atomic E-state index is 13.4. The van der Waals surface area contributed by atoms with Gasteiger partial charge in [0.25, 0.3) is 0 Å². The topological polar surface area (TPSA) is 49.7 Å². The molecule has 4 rings (SSSR count). The maximum Gasteiger partial charge on any atom is 0.322 e. The SMILES string of the molecule is CCOc1ccc(NC(=O)N(CCCN(C)c2ccccc2)Cc2cccn2Cc2ccc(Cl)cc2)cc1. The highest BCUT2D eigenvalue weighted by Crippen LogP contribution is 2.18. The van der Waals surface area contributed by atoms with Crippen LogP contribution >= 0.6 is 11.6 Å². The average molecular weight is 531 g/mol. The first-order valence-corrected chi connectivity index (χ1v) is 13.3. The second kappa shape index (κ2) is 13.6. The van der Waals surface area contributed by atoms with E-state index in [0.29, 0.717) is 26.2 Å². The van der Waals surface area contributed by atoms with Gasteiger partial charge in [-0.3, -0.25) is 0 Å². The van der Waals surface area contributed by atoms with E-state index in [1.807, 2.05) is 84.6 Å². The van der Waals surface area contributed by atoms with E-state index in [0.717, 1.165) is 46.4 Å². The Kier molecular flexibility index (Phi) is 9.71. The van der Waals surface area contributed by atoms with E-state index in [2.05, 4.69) is 46.2 Å². The highest BCUT2D eigenvalue weighted by atomic mass is 35.5. The molecule has 7 heteroatoms. The molecule has 38 heavy (non-hydrogen) atoms. The number of amides is 2. The second-order valence-corrected chi connectivity index (χ2v) is 9.61. The Morgan fingerprint density at radius 1 is 0.921 bits per heavy atom. The van der Waals surface area contributed by atoms with E-state index in [1.54, 1.807) is 0 Å². The number of nitrogens with one attached hydrogen (secondary N) is 1. The third-order valence-electron chi connectivity index (χ3n) is 6.36. The zero-order valence-electron chi connectivity index (χ0n) is 22.0. The predicted octanol–water partition coefficient (Wildman–Crippen LogP) is 7.15. The van der Waals surface area contributed by atoms with Gasteiger partial charge < -0.3 is 24.4 Å². The zero-order chi connectivity index (χ0) is 26.7. The molecule has 0 aliphatic carbocycles. The van der Waals surface area contributed by atoms with E-state index in [4.69, 9.17) is 16.3 Å². The molecule has 0 fully saturated rings. The molecule has 0 unspecified atom stereocenters. The van der Waals surface area contributed by atoms with Crippen molar-refractivity contribution < 1.29 is 9.53 Å². The number of hydrogen-bond donors (Lipinski definition) is 1. The number of benzene rings is 3. The normalized spacial score (nSPS) is 10.7. The summed E-state index contributed by atoms with van der Waals surface area (Å²) >= 11 is 6.06. The Labute approximate surface area is 230 Å². The molecule has 0 atom stereocenters. The third-order valence-corrected chi connectivity index (χ3v) is 6.62. The van der Waals surface area contributed by atoms with Crippen molar-refractivity contribution in [1.82, 2.24) is 9.47 Å². The van der Waals surface area contributed by atoms with Crippen LogP contribution in [0.5, 0.6) is 5.75 Å². The van der Waals surface area contributed by atoms with Gasteiger partial charge in [0.15, 0.2) is 0 Å². The Bertz CT molecular complexity index is 1270. The summed E-state index contributed by atoms with van der Waals surface area (Å²) in [6.45, 7) is 5.22. The minimum atomic E-state index is -0.129. The fourth-order valence-corrected chi connectivity index (χ4v) is 4.42. The molecule has 198 valence electrons. The largest absolute Gasteiger partial charge is 0.494 e. The molecule has 3 aromatic carbocycles. The van der Waals surface area contributed by atoms with Crippen LogP contribution in [0.15, 0.2) is 97.2 Å². The van der Waals surface area contributed by atoms with Gasteiger partial charge in [0.1, 0.15) is 5.75 Å². The van der Waals surface area contributed by atoms with Crippen LogP contribution in [0.3, 0.4) is 0 Å². The van der Waals surface area contributed by atoms with Crippen LogP contribution in [0.1, 0.15) is 24.6 Å². The van der Waals surface area contributed by atoms with Crippen molar-refractivity contribution >= 4 is 29.0 Å². The maximum absolute atomic E-state index is 13.4. The van der Waals surface area contributed by atoms with Crippen molar-refractivity contribution in [3.05, 3.63) is 113 Å². The van der Waals surface area contributed by atoms with Crippen molar-refractivity contribution in [2.75, 3.05) is 37.0 Å². The van der Waals surface area contributed by atoms with E-state index in [-0.39, 0.29) is 6.03 Å². The molecule has 0 bridgehead atoms. The predicted molar refractivity (Wildman–Crippen MR) is 156 cm³/mol. The Balaban J connectivity index is 1.45. The summed E-state index contributed by atoms with van der Waals surface area (Å²) < 4.78 is 7.70. The first-order valence-electron chi connectivity index (χ1n) is 13.0. The van der Waals surface area contributed by atoms with E-state index in [9.17, 15) is 4.79 Å². The minimum absolute atomic E-state index is 0.129. The number of carbonyl (C=O) groups is 1. The summed E-state index contributed by atoms with van der Waals surface area (Å²) in [6, 6.07) is 29.6. The number of carbonyl (C=O) groups excluding carboxylic acids is 1. The van der Waals surface area contributed by atoms with Crippen molar-refractivity contribution in [2.24, 2.45) is 0 Å². The summed E-state index contributed by atoms with van der Waals surface area (Å²) in [5.41, 5.74) is 4.12. The third kappa shape index (κ3) is 7.80. The number of halogens is 1. The minimum Gasteiger partial charge on any atom is -0.494 e. The van der Waals surface area contributed by atoms with Gasteiger partial charge in [-0.2, -0.15) is 0 Å². The first-order chi connectivity index (χ1) is 18.5. The molecule has 0 spiro atoms. The molecular formula is C31H35ClN4O2. The number of nitrogens with zero attached hydrogens (tertiary/aromatic N) is 3. The smallest absolute Gasteiger partial charge is 0.322 e. The quantitative estimate of drug-likeness (QED) is 0.211. The summed E-state index contributed by atoms with van der Waals surface area (Å²) in [4.78, 5) is 17.5. The van der Waals surface area contributed by atoms with Crippen LogP contribution in [0.2, 0.25) is 5.02 Å². The average Bonchev–Trinajstić information content (AvgIpc) is 3.37. The number of anilines is 2. The van der Waals surface area contributed by atoms with E-state index < -0.39 is 0 Å². The van der Waals surface area contributed by atoms with Crippen molar-refractivity contribution in [1.29, 1.82) is 0 Å². The number of urea groups is 1. The lowest BCUT2D eigenvalue weighted by atomic mass is 10.2. The van der Waals surface area contributed by atoms with Gasteiger partial charge in [0, 0.05) is 55.0 Å². The lowest BCUT2D eigenvalue weighted by Crippen LogP contribution is -2.37. The van der Waals surface area contributed by atoms with Crippen molar-refractivity contribution in [3.8, 4) is 5.75 Å². The Hall–Kier alpha value is -3.90. The van der Waals surface area contributed by atoms with Crippen LogP contribution in [0.25, 0.3) is 0 Å². The molecule has 0 aliphatic heterocycles. The number of para-hydroxylation sites is 1. The number of aromatic nitrogens is 1. The van der Waals surface area contributed by atoms with E-state index in [1.165, 1.54) is 0 Å². The van der Waals surface area contributed by atoms with Gasteiger partial charge in [-0.15, -0.1) is 0 Å². The molecular weight excluding hydrogens is 496 g/mol. The zero-order valence-corrected chi connectivity index (χ0v) is 22.8. The first kappa shape index (κ1) is 27.1. The fraction of sp³-hybridized carbons (Fsp3) is 0.258. The van der Waals surface area contributed by atoms with Crippen LogP contribution < -0.4 is 15.0 Å². The van der Waals surface area contributed by atoms with Crippen molar-refractivity contribution in [3.63, 3.8) is 0 Å². The van der Waals surface area contributed by atoms with Gasteiger partial charge in [0.2, 0.25) is 0 Å². The molecule has 4 aromatic rings. The highest BCUT2D eigenvalue weighted by Gasteiger charge is 2.17. The molecule has 0 saturated carbocycles. The summed E-state index contributed by atoms with van der Waals surface area (Å²) in [5, 5.41) is 3.78. The summed E-state index contributed by atoms with van der Waals surface area (Å²) in [6.07, 6.45) is 2.88. The second-order valence-electron chi connectivity index (χ2n) is 9.17. The molecule has 1 aromatic heterocycles. The molecule has 6 nitrogen and oxygen atoms in total. The monoisotopic (exact) mass is 530 g/mol. The van der Waals surface area contributed by atoms with Crippen LogP contribution in [0, 0.1) is 0 Å². The van der Waals surface area contributed by atoms with Crippen LogP contribution in [0.4, 0.5) is 16.2 Å². The van der Waals surface area contributed by atoms with Crippen LogP contribution in [-0.2, 0) is 13.1 Å². The summed E-state index contributed by atoms with van der Waals surface area (Å²) in [5.74, 6) is 0.784. The van der Waals surface area contributed by atoms with Gasteiger partial charge >= 0.3 is 6.03 Å². The van der Waals surface area contributed by atoms with Crippen LogP contribution in [-0.4, -0.2) is 42.2 Å². The van der Waals surface area contributed by atoms with Crippen molar-refractivity contribution in [2.45, 2.75) is 26.4 Å². The highest BCUT2D eigenvalue weighted by molar-refractivity contribution is 6.30. The standard InChI is InChI=1S/C31H35ClN4O2/c1-3-38-30-18-16-27(17-19-30)33-31(37)36(22-8-20-34(2)28-9-5-4-6-10-28)24-29-11-7-21-35(29)23-25-12-14-26(32)15-13-25/h4-7,9-19,21H,3,8,20,22-24H2,1-2H3,(H,33,37). The van der Waals surface area contributed by atoms with Gasteiger partial charge in [0.05, 0.1) is 13.2 Å². The van der Waals surface area contributed by atoms with Gasteiger partial charge in [-0.05, 0) is 79.6 Å². The fourth-order valence-electron chi connectivity index (χ4n) is 4.30. The molecule has 1 heterocycles. The number of hydrogen-bond acceptors (Lipinski definition) is 3. The number of rotatable bonds is 12. The molecule has 0 aliphatic rings. The number of ether oxygens (including phenoxy) is 1. The lowest BCUT2D eigenvalue weighted by Gasteiger charge is -2.26.